The van der Waals surface area contributed by atoms with Gasteiger partial charge in [-0.15, -0.1) is 0 Å². The summed E-state index contributed by atoms with van der Waals surface area (Å²) in [5.41, 5.74) is 2.95. The van der Waals surface area contributed by atoms with Crippen LogP contribution in [0.15, 0.2) is 30.4 Å². The molecule has 0 heterocycles. The minimum Gasteiger partial charge on any atom is -0.396 e. The van der Waals surface area contributed by atoms with Gasteiger partial charge in [-0.25, -0.2) is 0 Å². The van der Waals surface area contributed by atoms with Gasteiger partial charge in [0.1, 0.15) is 0 Å². The Morgan fingerprint density at radius 1 is 1.04 bits per heavy atom. The zero-order valence-electron chi connectivity index (χ0n) is 14.1. The maximum Gasteiger partial charge on any atom is 0.186 e. The number of carbonyl (C=O) groups excluding carboxylic acids is 2. The van der Waals surface area contributed by atoms with E-state index in [2.05, 4.69) is 26.0 Å². The zero-order valence-corrected chi connectivity index (χ0v) is 14.1. The van der Waals surface area contributed by atoms with Crippen molar-refractivity contribution in [3.63, 3.8) is 0 Å². The Bertz CT molecular complexity index is 817. The fourth-order valence-electron chi connectivity index (χ4n) is 5.05. The van der Waals surface area contributed by atoms with Crippen molar-refractivity contribution in [3.05, 3.63) is 52.6 Å². The van der Waals surface area contributed by atoms with Gasteiger partial charge in [0.2, 0.25) is 0 Å². The van der Waals surface area contributed by atoms with Crippen molar-refractivity contribution < 1.29 is 14.7 Å². The first-order valence-electron chi connectivity index (χ1n) is 8.63. The SMILES string of the molecule is C[C@]1(CO)CCC[C@]2(C)c3cc4c(cc3C=C[C@@H]12)C(=O)C=CC4=O. The van der Waals surface area contributed by atoms with E-state index < -0.39 is 0 Å². The average Bonchev–Trinajstić information content (AvgIpc) is 2.57. The van der Waals surface area contributed by atoms with Crippen LogP contribution < -0.4 is 0 Å². The number of fused-ring (bicyclic) bond motifs is 4. The molecule has 0 bridgehead atoms. The van der Waals surface area contributed by atoms with Crippen LogP contribution in [0.1, 0.15) is 65.0 Å². The summed E-state index contributed by atoms with van der Waals surface area (Å²) < 4.78 is 0. The van der Waals surface area contributed by atoms with Crippen molar-refractivity contribution in [1.82, 2.24) is 0 Å². The molecule has 3 aliphatic rings. The summed E-state index contributed by atoms with van der Waals surface area (Å²) in [6.07, 6.45) is 10.1. The third-order valence-electron chi connectivity index (χ3n) is 6.43. The molecule has 1 aromatic carbocycles. The lowest BCUT2D eigenvalue weighted by Crippen LogP contribution is -2.48. The van der Waals surface area contributed by atoms with Crippen molar-refractivity contribution in [2.24, 2.45) is 11.3 Å². The van der Waals surface area contributed by atoms with Crippen LogP contribution >= 0.6 is 0 Å². The van der Waals surface area contributed by atoms with E-state index in [4.69, 9.17) is 0 Å². The average molecular weight is 322 g/mol. The standard InChI is InChI=1S/C21H22O3/c1-20(12-22)8-3-9-21(2)16-11-15-14(17(23)5-6-18(15)24)10-13(16)4-7-19(20)21/h4-7,10-11,19,22H,3,8-9,12H2,1-2H3/t19-,20+,21+/m0/s1. The van der Waals surface area contributed by atoms with Crippen molar-refractivity contribution in [3.8, 4) is 0 Å². The second-order valence-electron chi connectivity index (χ2n) is 7.97. The van der Waals surface area contributed by atoms with E-state index in [0.29, 0.717) is 11.1 Å². The third-order valence-corrected chi connectivity index (χ3v) is 6.43. The maximum atomic E-state index is 12.3. The van der Waals surface area contributed by atoms with Crippen LogP contribution in [0.3, 0.4) is 0 Å². The summed E-state index contributed by atoms with van der Waals surface area (Å²) in [6, 6.07) is 3.81. The summed E-state index contributed by atoms with van der Waals surface area (Å²) in [5, 5.41) is 9.98. The van der Waals surface area contributed by atoms with Gasteiger partial charge in [0.05, 0.1) is 0 Å². The summed E-state index contributed by atoms with van der Waals surface area (Å²) in [6.45, 7) is 4.56. The first kappa shape index (κ1) is 15.5. The number of carbonyl (C=O) groups is 2. The van der Waals surface area contributed by atoms with Crippen LogP contribution in [0.4, 0.5) is 0 Å². The normalized spacial score (nSPS) is 33.9. The number of hydrogen-bond donors (Lipinski definition) is 1. The van der Waals surface area contributed by atoms with Crippen molar-refractivity contribution in [2.75, 3.05) is 6.61 Å². The van der Waals surface area contributed by atoms with Gasteiger partial charge in [-0.3, -0.25) is 9.59 Å². The Morgan fingerprint density at radius 2 is 1.71 bits per heavy atom. The second kappa shape index (κ2) is 5.00. The molecule has 3 atom stereocenters. The molecule has 0 aliphatic heterocycles. The highest BCUT2D eigenvalue weighted by molar-refractivity contribution is 6.22. The molecule has 3 heteroatoms. The van der Waals surface area contributed by atoms with Gasteiger partial charge in [0, 0.05) is 17.7 Å². The second-order valence-corrected chi connectivity index (χ2v) is 7.97. The minimum atomic E-state index is -0.142. The predicted molar refractivity (Wildman–Crippen MR) is 93.2 cm³/mol. The number of hydrogen-bond acceptors (Lipinski definition) is 3. The quantitative estimate of drug-likeness (QED) is 0.857. The molecule has 0 radical (unpaired) electrons. The third kappa shape index (κ3) is 1.94. The lowest BCUT2D eigenvalue weighted by molar-refractivity contribution is 0.0171. The van der Waals surface area contributed by atoms with Gasteiger partial charge in [-0.05, 0) is 65.0 Å². The molecule has 0 aromatic heterocycles. The monoisotopic (exact) mass is 322 g/mol. The molecule has 24 heavy (non-hydrogen) atoms. The highest BCUT2D eigenvalue weighted by Crippen LogP contribution is 2.56. The molecule has 1 aromatic rings. The van der Waals surface area contributed by atoms with Crippen molar-refractivity contribution >= 4 is 17.6 Å². The summed E-state index contributed by atoms with van der Waals surface area (Å²) in [4.78, 5) is 24.4. The number of ketones is 2. The summed E-state index contributed by atoms with van der Waals surface area (Å²) >= 11 is 0. The Labute approximate surface area is 142 Å². The molecule has 124 valence electrons. The van der Waals surface area contributed by atoms with E-state index in [0.717, 1.165) is 30.4 Å². The Balaban J connectivity index is 1.92. The molecule has 1 N–H and O–H groups in total. The summed E-state index contributed by atoms with van der Waals surface area (Å²) in [5.74, 6) is 0.0407. The predicted octanol–water partition coefficient (Wildman–Crippen LogP) is 3.71. The highest BCUT2D eigenvalue weighted by atomic mass is 16.3. The fourth-order valence-corrected chi connectivity index (χ4v) is 5.05. The molecule has 0 saturated heterocycles. The zero-order chi connectivity index (χ0) is 17.1. The highest BCUT2D eigenvalue weighted by Gasteiger charge is 2.50. The number of benzene rings is 1. The molecule has 0 amide bonds. The molecule has 1 fully saturated rings. The van der Waals surface area contributed by atoms with E-state index in [1.807, 2.05) is 12.1 Å². The first-order chi connectivity index (χ1) is 11.4. The summed E-state index contributed by atoms with van der Waals surface area (Å²) in [7, 11) is 0. The lowest BCUT2D eigenvalue weighted by atomic mass is 9.51. The van der Waals surface area contributed by atoms with Gasteiger partial charge in [0.25, 0.3) is 0 Å². The molecule has 4 rings (SSSR count). The number of aliphatic hydroxyl groups excluding tert-OH is 1. The van der Waals surface area contributed by atoms with Gasteiger partial charge in [-0.2, -0.15) is 0 Å². The van der Waals surface area contributed by atoms with Gasteiger partial charge in [-0.1, -0.05) is 32.4 Å². The maximum absolute atomic E-state index is 12.3. The smallest absolute Gasteiger partial charge is 0.186 e. The van der Waals surface area contributed by atoms with E-state index >= 15 is 0 Å². The van der Waals surface area contributed by atoms with E-state index in [9.17, 15) is 14.7 Å². The van der Waals surface area contributed by atoms with Crippen LogP contribution in [0.25, 0.3) is 6.08 Å². The molecule has 0 spiro atoms. The van der Waals surface area contributed by atoms with Crippen LogP contribution in [0.2, 0.25) is 0 Å². The van der Waals surface area contributed by atoms with Crippen LogP contribution in [0, 0.1) is 11.3 Å². The Hall–Kier alpha value is -2.00. The molecule has 0 unspecified atom stereocenters. The molecule has 3 aliphatic carbocycles. The molecular weight excluding hydrogens is 300 g/mol. The fraction of sp³-hybridized carbons (Fsp3) is 0.429. The first-order valence-corrected chi connectivity index (χ1v) is 8.63. The lowest BCUT2D eigenvalue weighted by Gasteiger charge is -2.53. The van der Waals surface area contributed by atoms with Crippen molar-refractivity contribution in [2.45, 2.75) is 38.5 Å². The van der Waals surface area contributed by atoms with E-state index in [1.54, 1.807) is 0 Å². The minimum absolute atomic E-state index is 0.0946. The van der Waals surface area contributed by atoms with Gasteiger partial charge >= 0.3 is 0 Å². The largest absolute Gasteiger partial charge is 0.396 e. The van der Waals surface area contributed by atoms with Crippen molar-refractivity contribution in [1.29, 1.82) is 0 Å². The molecule has 3 nitrogen and oxygen atoms in total. The van der Waals surface area contributed by atoms with Gasteiger partial charge in [0.15, 0.2) is 11.6 Å². The Kier molecular flexibility index (Phi) is 3.23. The van der Waals surface area contributed by atoms with E-state index in [-0.39, 0.29) is 34.9 Å². The van der Waals surface area contributed by atoms with Crippen LogP contribution in [0.5, 0.6) is 0 Å². The molecular formula is C21H22O3. The number of allylic oxidation sites excluding steroid dienone is 3. The van der Waals surface area contributed by atoms with E-state index in [1.165, 1.54) is 12.2 Å². The van der Waals surface area contributed by atoms with Crippen LogP contribution in [-0.2, 0) is 5.41 Å². The Morgan fingerprint density at radius 3 is 2.38 bits per heavy atom. The molecule has 1 saturated carbocycles. The van der Waals surface area contributed by atoms with Crippen LogP contribution in [-0.4, -0.2) is 23.3 Å². The number of aliphatic hydroxyl groups is 1. The topological polar surface area (TPSA) is 54.4 Å². The number of rotatable bonds is 1. The van der Waals surface area contributed by atoms with Gasteiger partial charge < -0.3 is 5.11 Å².